The lowest BCUT2D eigenvalue weighted by molar-refractivity contribution is -0.151. The van der Waals surface area contributed by atoms with Crippen LogP contribution in [0.25, 0.3) is 0 Å². The van der Waals surface area contributed by atoms with Crippen LogP contribution < -0.4 is 5.32 Å². The maximum atomic E-state index is 13.2. The Hall–Kier alpha value is -2.44. The SMILES string of the molecule is CC/C=C/C=C/C=C\CCCCCC(CC(=O)NC(CO)C(O)CCCCCCCCCCCCCCCC)OC(=O)CCCCCCCCC/C=C\C/C=C\CCCCC. The van der Waals surface area contributed by atoms with Gasteiger partial charge < -0.3 is 20.3 Å². The van der Waals surface area contributed by atoms with Gasteiger partial charge in [0.2, 0.25) is 5.91 Å². The maximum Gasteiger partial charge on any atom is 0.306 e. The summed E-state index contributed by atoms with van der Waals surface area (Å²) in [6.45, 7) is 6.32. The van der Waals surface area contributed by atoms with E-state index >= 15 is 0 Å². The molecule has 0 bridgehead atoms. The Labute approximate surface area is 378 Å². The molecule has 0 aliphatic rings. The Bertz CT molecular complexity index is 1090. The van der Waals surface area contributed by atoms with Crippen molar-refractivity contribution in [3.63, 3.8) is 0 Å². The number of hydrogen-bond donors (Lipinski definition) is 3. The molecule has 1 amide bonds. The standard InChI is InChI=1S/C55H99NO5/c1-4-7-10-13-16-19-22-24-26-27-28-30-33-36-39-42-45-48-55(60)61-51(46-43-40-37-34-31-21-18-15-12-9-6-3)49-54(59)56-52(50-57)53(58)47-44-41-38-35-32-29-25-23-20-17-14-11-8-5-2/h9,12,15-16,18-19,21,24,26,31,51-53,57-58H,4-8,10-11,13-14,17,20,22-23,25,27-30,32-50H2,1-3H3,(H,56,59)/b12-9+,18-15+,19-16-,26-24-,31-21-. The second kappa shape index (κ2) is 48.6. The summed E-state index contributed by atoms with van der Waals surface area (Å²) in [6, 6.07) is -0.715. The Balaban J connectivity index is 4.55. The highest BCUT2D eigenvalue weighted by Crippen LogP contribution is 2.17. The number of allylic oxidation sites excluding steroid dienone is 10. The van der Waals surface area contributed by atoms with Crippen LogP contribution in [0.2, 0.25) is 0 Å². The Morgan fingerprint density at radius 1 is 0.508 bits per heavy atom. The molecule has 0 saturated carbocycles. The van der Waals surface area contributed by atoms with Gasteiger partial charge in [0.05, 0.1) is 25.2 Å². The predicted molar refractivity (Wildman–Crippen MR) is 264 cm³/mol. The molecule has 354 valence electrons. The van der Waals surface area contributed by atoms with Gasteiger partial charge in [0.25, 0.3) is 0 Å². The number of hydrogen-bond acceptors (Lipinski definition) is 5. The van der Waals surface area contributed by atoms with Gasteiger partial charge in [-0.2, -0.15) is 0 Å². The van der Waals surface area contributed by atoms with Gasteiger partial charge in [0.15, 0.2) is 0 Å². The van der Waals surface area contributed by atoms with E-state index in [1.165, 1.54) is 122 Å². The third kappa shape index (κ3) is 44.0. The number of aliphatic hydroxyl groups excluding tert-OH is 2. The molecular weight excluding hydrogens is 755 g/mol. The van der Waals surface area contributed by atoms with Crippen LogP contribution in [0.1, 0.15) is 252 Å². The molecule has 0 heterocycles. The molecule has 3 unspecified atom stereocenters. The van der Waals surface area contributed by atoms with Crippen molar-refractivity contribution in [3.05, 3.63) is 60.8 Å². The maximum absolute atomic E-state index is 13.2. The number of carbonyl (C=O) groups excluding carboxylic acids is 2. The molecule has 0 fully saturated rings. The lowest BCUT2D eigenvalue weighted by Crippen LogP contribution is -2.46. The van der Waals surface area contributed by atoms with E-state index < -0.39 is 18.2 Å². The zero-order valence-electron chi connectivity index (χ0n) is 40.3. The lowest BCUT2D eigenvalue weighted by atomic mass is 10.0. The van der Waals surface area contributed by atoms with E-state index in [4.69, 9.17) is 4.74 Å². The molecule has 6 nitrogen and oxygen atoms in total. The number of aliphatic hydroxyl groups is 2. The summed E-state index contributed by atoms with van der Waals surface area (Å²) in [5.74, 6) is -0.516. The summed E-state index contributed by atoms with van der Waals surface area (Å²) in [5.41, 5.74) is 0. The second-order valence-corrected chi connectivity index (χ2v) is 17.6. The number of carbonyl (C=O) groups is 2. The van der Waals surface area contributed by atoms with E-state index in [0.717, 1.165) is 83.5 Å². The number of unbranched alkanes of at least 4 members (excludes halogenated alkanes) is 26. The number of ether oxygens (including phenoxy) is 1. The van der Waals surface area contributed by atoms with Crippen LogP contribution in [-0.2, 0) is 14.3 Å². The highest BCUT2D eigenvalue weighted by molar-refractivity contribution is 5.77. The Morgan fingerprint density at radius 3 is 1.51 bits per heavy atom. The summed E-state index contributed by atoms with van der Waals surface area (Å²) in [6.07, 6.45) is 60.0. The van der Waals surface area contributed by atoms with Crippen LogP contribution in [0.5, 0.6) is 0 Å². The molecule has 0 radical (unpaired) electrons. The minimum atomic E-state index is -0.799. The van der Waals surface area contributed by atoms with Crippen molar-refractivity contribution < 1.29 is 24.5 Å². The summed E-state index contributed by atoms with van der Waals surface area (Å²) >= 11 is 0. The minimum Gasteiger partial charge on any atom is -0.462 e. The molecule has 61 heavy (non-hydrogen) atoms. The van der Waals surface area contributed by atoms with Crippen molar-refractivity contribution in [1.29, 1.82) is 0 Å². The van der Waals surface area contributed by atoms with Crippen LogP contribution in [0.15, 0.2) is 60.8 Å². The summed E-state index contributed by atoms with van der Waals surface area (Å²) in [4.78, 5) is 26.1. The molecule has 0 spiro atoms. The highest BCUT2D eigenvalue weighted by Gasteiger charge is 2.24. The molecule has 0 aromatic carbocycles. The van der Waals surface area contributed by atoms with Gasteiger partial charge in [0, 0.05) is 6.42 Å². The minimum absolute atomic E-state index is 0.0503. The third-order valence-electron chi connectivity index (χ3n) is 11.6. The largest absolute Gasteiger partial charge is 0.462 e. The fourth-order valence-electron chi connectivity index (χ4n) is 7.70. The molecule has 3 atom stereocenters. The number of esters is 1. The van der Waals surface area contributed by atoms with Crippen molar-refractivity contribution in [2.45, 2.75) is 270 Å². The molecule has 0 aromatic heterocycles. The first kappa shape index (κ1) is 58.6. The zero-order valence-corrected chi connectivity index (χ0v) is 40.3. The monoisotopic (exact) mass is 854 g/mol. The first-order valence-corrected chi connectivity index (χ1v) is 26.0. The quantitative estimate of drug-likeness (QED) is 0.0245. The van der Waals surface area contributed by atoms with E-state index in [1.54, 1.807) is 0 Å². The van der Waals surface area contributed by atoms with Gasteiger partial charge in [0.1, 0.15) is 6.10 Å². The molecule has 0 aromatic rings. The van der Waals surface area contributed by atoms with Gasteiger partial charge in [-0.05, 0) is 77.0 Å². The van der Waals surface area contributed by atoms with Crippen LogP contribution in [0.4, 0.5) is 0 Å². The van der Waals surface area contributed by atoms with Crippen LogP contribution >= 0.6 is 0 Å². The van der Waals surface area contributed by atoms with Crippen molar-refractivity contribution in [1.82, 2.24) is 5.32 Å². The molecule has 0 saturated heterocycles. The van der Waals surface area contributed by atoms with Crippen molar-refractivity contribution in [2.24, 2.45) is 0 Å². The normalized spacial score (nSPS) is 13.7. The molecule has 0 rings (SSSR count). The number of rotatable bonds is 46. The van der Waals surface area contributed by atoms with Gasteiger partial charge in [-0.15, -0.1) is 0 Å². The van der Waals surface area contributed by atoms with E-state index in [-0.39, 0.29) is 24.9 Å². The van der Waals surface area contributed by atoms with Crippen molar-refractivity contribution in [2.75, 3.05) is 6.61 Å². The summed E-state index contributed by atoms with van der Waals surface area (Å²) in [7, 11) is 0. The van der Waals surface area contributed by atoms with Gasteiger partial charge in [-0.25, -0.2) is 0 Å². The van der Waals surface area contributed by atoms with Crippen LogP contribution in [0.3, 0.4) is 0 Å². The molecule has 3 N–H and O–H groups in total. The Kier molecular flexibility index (Phi) is 46.6. The van der Waals surface area contributed by atoms with Crippen LogP contribution in [0, 0.1) is 0 Å². The average Bonchev–Trinajstić information content (AvgIpc) is 3.25. The van der Waals surface area contributed by atoms with E-state index in [1.807, 2.05) is 12.2 Å². The average molecular weight is 854 g/mol. The topological polar surface area (TPSA) is 95.9 Å². The van der Waals surface area contributed by atoms with Crippen molar-refractivity contribution in [3.8, 4) is 0 Å². The zero-order chi connectivity index (χ0) is 44.5. The number of nitrogens with one attached hydrogen (secondary N) is 1. The smallest absolute Gasteiger partial charge is 0.306 e. The first-order chi connectivity index (χ1) is 30.0. The first-order valence-electron chi connectivity index (χ1n) is 26.0. The fourth-order valence-corrected chi connectivity index (χ4v) is 7.70. The molecule has 0 aliphatic heterocycles. The van der Waals surface area contributed by atoms with Crippen LogP contribution in [-0.4, -0.2) is 46.9 Å². The van der Waals surface area contributed by atoms with Gasteiger partial charge in [-0.1, -0.05) is 223 Å². The lowest BCUT2D eigenvalue weighted by Gasteiger charge is -2.24. The Morgan fingerprint density at radius 2 is 0.951 bits per heavy atom. The highest BCUT2D eigenvalue weighted by atomic mass is 16.5. The summed E-state index contributed by atoms with van der Waals surface area (Å²) < 4.78 is 5.91. The van der Waals surface area contributed by atoms with E-state index in [9.17, 15) is 19.8 Å². The summed E-state index contributed by atoms with van der Waals surface area (Å²) in [5, 5.41) is 23.8. The predicted octanol–water partition coefficient (Wildman–Crippen LogP) is 15.6. The van der Waals surface area contributed by atoms with Crippen molar-refractivity contribution >= 4 is 11.9 Å². The third-order valence-corrected chi connectivity index (χ3v) is 11.6. The second-order valence-electron chi connectivity index (χ2n) is 17.6. The molecule has 6 heteroatoms. The van der Waals surface area contributed by atoms with E-state index in [0.29, 0.717) is 19.3 Å². The van der Waals surface area contributed by atoms with E-state index in [2.05, 4.69) is 74.7 Å². The molecule has 0 aliphatic carbocycles. The van der Waals surface area contributed by atoms with Gasteiger partial charge >= 0.3 is 5.97 Å². The fraction of sp³-hybridized carbons (Fsp3) is 0.782. The van der Waals surface area contributed by atoms with Gasteiger partial charge in [-0.3, -0.25) is 9.59 Å². The molecular formula is C55H99NO5. The number of amides is 1.